The van der Waals surface area contributed by atoms with Crippen molar-refractivity contribution >= 4 is 11.8 Å². The number of ketones is 1. The Hall–Kier alpha value is -0.900. The lowest BCUT2D eigenvalue weighted by Gasteiger charge is -2.19. The molecule has 0 aliphatic heterocycles. The zero-order valence-corrected chi connectivity index (χ0v) is 8.55. The minimum absolute atomic E-state index is 0.0424. The van der Waals surface area contributed by atoms with Gasteiger partial charge >= 0.3 is 5.97 Å². The fourth-order valence-electron chi connectivity index (χ4n) is 0.649. The number of carbonyl (C=O) groups excluding carboxylic acids is 2. The maximum absolute atomic E-state index is 11.0. The average molecular weight is 188 g/mol. The van der Waals surface area contributed by atoms with E-state index in [0.29, 0.717) is 0 Å². The molecule has 0 aromatic rings. The SMILES string of the molecule is CC(=O)COCC(=O)OC(C)(C)C. The molecule has 4 nitrogen and oxygen atoms in total. The molecule has 0 aromatic heterocycles. The number of esters is 1. The van der Waals surface area contributed by atoms with Crippen LogP contribution in [-0.4, -0.2) is 30.6 Å². The highest BCUT2D eigenvalue weighted by atomic mass is 16.6. The van der Waals surface area contributed by atoms with Crippen LogP contribution in [0.1, 0.15) is 27.7 Å². The highest BCUT2D eigenvalue weighted by Gasteiger charge is 2.15. The van der Waals surface area contributed by atoms with Crippen molar-refractivity contribution in [3.05, 3.63) is 0 Å². The lowest BCUT2D eigenvalue weighted by atomic mass is 10.2. The van der Waals surface area contributed by atoms with Gasteiger partial charge in [-0.25, -0.2) is 4.79 Å². The molecule has 0 fully saturated rings. The summed E-state index contributed by atoms with van der Waals surface area (Å²) < 4.78 is 9.72. The Morgan fingerprint density at radius 1 is 1.15 bits per heavy atom. The van der Waals surface area contributed by atoms with Crippen LogP contribution in [0.25, 0.3) is 0 Å². The predicted octanol–water partition coefficient (Wildman–Crippen LogP) is 0.934. The lowest BCUT2D eigenvalue weighted by Crippen LogP contribution is -2.27. The average Bonchev–Trinajstić information content (AvgIpc) is 1.81. The summed E-state index contributed by atoms with van der Waals surface area (Å²) >= 11 is 0. The van der Waals surface area contributed by atoms with Gasteiger partial charge < -0.3 is 9.47 Å². The predicted molar refractivity (Wildman–Crippen MR) is 47.3 cm³/mol. The molecule has 0 aromatic carbocycles. The third kappa shape index (κ3) is 9.01. The molecule has 76 valence electrons. The maximum atomic E-state index is 11.0. The van der Waals surface area contributed by atoms with Gasteiger partial charge in [-0.15, -0.1) is 0 Å². The standard InChI is InChI=1S/C9H16O4/c1-7(10)5-12-6-8(11)13-9(2,3)4/h5-6H2,1-4H3. The second-order valence-electron chi connectivity index (χ2n) is 3.78. The zero-order chi connectivity index (χ0) is 10.5. The van der Waals surface area contributed by atoms with E-state index in [4.69, 9.17) is 9.47 Å². The van der Waals surface area contributed by atoms with Crippen LogP contribution in [0.3, 0.4) is 0 Å². The normalized spacial score (nSPS) is 11.1. The molecule has 0 N–H and O–H groups in total. The van der Waals surface area contributed by atoms with Gasteiger partial charge in [0, 0.05) is 0 Å². The first-order valence-electron chi connectivity index (χ1n) is 4.10. The maximum Gasteiger partial charge on any atom is 0.332 e. The summed E-state index contributed by atoms with van der Waals surface area (Å²) in [6, 6.07) is 0. The van der Waals surface area contributed by atoms with Crippen LogP contribution < -0.4 is 0 Å². The fourth-order valence-corrected chi connectivity index (χ4v) is 0.649. The van der Waals surface area contributed by atoms with Gasteiger partial charge in [0.05, 0.1) is 0 Å². The van der Waals surface area contributed by atoms with Crippen LogP contribution in [0, 0.1) is 0 Å². The van der Waals surface area contributed by atoms with E-state index >= 15 is 0 Å². The molecule has 0 spiro atoms. The van der Waals surface area contributed by atoms with E-state index in [-0.39, 0.29) is 19.0 Å². The summed E-state index contributed by atoms with van der Waals surface area (Å²) in [4.78, 5) is 21.4. The van der Waals surface area contributed by atoms with Gasteiger partial charge in [0.2, 0.25) is 0 Å². The summed E-state index contributed by atoms with van der Waals surface area (Å²) in [6.07, 6.45) is 0. The minimum atomic E-state index is -0.503. The molecule has 0 rings (SSSR count). The third-order valence-corrected chi connectivity index (χ3v) is 0.945. The molecule has 0 saturated carbocycles. The number of ether oxygens (including phenoxy) is 2. The zero-order valence-electron chi connectivity index (χ0n) is 8.55. The van der Waals surface area contributed by atoms with E-state index in [1.165, 1.54) is 6.92 Å². The molecule has 0 saturated heterocycles. The smallest absolute Gasteiger partial charge is 0.332 e. The Bertz CT molecular complexity index is 190. The number of hydrogen-bond acceptors (Lipinski definition) is 4. The second-order valence-corrected chi connectivity index (χ2v) is 3.78. The molecule has 4 heteroatoms. The second kappa shape index (κ2) is 4.97. The van der Waals surface area contributed by atoms with Crippen LogP contribution >= 0.6 is 0 Å². The van der Waals surface area contributed by atoms with Crippen LogP contribution in [0.2, 0.25) is 0 Å². The highest BCUT2D eigenvalue weighted by molar-refractivity contribution is 5.77. The molecular weight excluding hydrogens is 172 g/mol. The number of hydrogen-bond donors (Lipinski definition) is 0. The number of carbonyl (C=O) groups is 2. The van der Waals surface area contributed by atoms with E-state index in [1.807, 2.05) is 0 Å². The van der Waals surface area contributed by atoms with Crippen molar-refractivity contribution in [2.75, 3.05) is 13.2 Å². The van der Waals surface area contributed by atoms with Gasteiger partial charge in [0.1, 0.15) is 18.8 Å². The van der Waals surface area contributed by atoms with Crippen molar-refractivity contribution in [2.24, 2.45) is 0 Å². The van der Waals surface area contributed by atoms with Crippen LogP contribution in [0.4, 0.5) is 0 Å². The van der Waals surface area contributed by atoms with Crippen molar-refractivity contribution < 1.29 is 19.1 Å². The van der Waals surface area contributed by atoms with Crippen molar-refractivity contribution in [1.29, 1.82) is 0 Å². The lowest BCUT2D eigenvalue weighted by molar-refractivity contribution is -0.160. The molecule has 0 amide bonds. The Labute approximate surface area is 78.2 Å². The Morgan fingerprint density at radius 2 is 1.69 bits per heavy atom. The van der Waals surface area contributed by atoms with E-state index in [9.17, 15) is 9.59 Å². The van der Waals surface area contributed by atoms with Crippen molar-refractivity contribution in [2.45, 2.75) is 33.3 Å². The quantitative estimate of drug-likeness (QED) is 0.616. The Kier molecular flexibility index (Phi) is 4.62. The van der Waals surface area contributed by atoms with Gasteiger partial charge in [-0.3, -0.25) is 4.79 Å². The first kappa shape index (κ1) is 12.1. The molecule has 0 aliphatic carbocycles. The number of rotatable bonds is 4. The largest absolute Gasteiger partial charge is 0.458 e. The molecule has 0 unspecified atom stereocenters. The van der Waals surface area contributed by atoms with E-state index in [0.717, 1.165) is 0 Å². The first-order valence-corrected chi connectivity index (χ1v) is 4.10. The Morgan fingerprint density at radius 3 is 2.08 bits per heavy atom. The van der Waals surface area contributed by atoms with E-state index < -0.39 is 11.6 Å². The van der Waals surface area contributed by atoms with Crippen molar-refractivity contribution in [3.8, 4) is 0 Å². The summed E-state index contributed by atoms with van der Waals surface area (Å²) in [5.41, 5.74) is -0.503. The molecule has 0 heterocycles. The van der Waals surface area contributed by atoms with Gasteiger partial charge in [-0.05, 0) is 27.7 Å². The fraction of sp³-hybridized carbons (Fsp3) is 0.778. The van der Waals surface area contributed by atoms with Crippen LogP contribution in [0.15, 0.2) is 0 Å². The molecule has 13 heavy (non-hydrogen) atoms. The van der Waals surface area contributed by atoms with Gasteiger partial charge in [0.15, 0.2) is 5.78 Å². The summed E-state index contributed by atoms with van der Waals surface area (Å²) in [5, 5.41) is 0. The van der Waals surface area contributed by atoms with Gasteiger partial charge in [0.25, 0.3) is 0 Å². The molecular formula is C9H16O4. The van der Waals surface area contributed by atoms with Gasteiger partial charge in [-0.1, -0.05) is 0 Å². The van der Waals surface area contributed by atoms with E-state index in [1.54, 1.807) is 20.8 Å². The molecule has 0 radical (unpaired) electrons. The highest BCUT2D eigenvalue weighted by Crippen LogP contribution is 2.06. The summed E-state index contributed by atoms with van der Waals surface area (Å²) in [7, 11) is 0. The third-order valence-electron chi connectivity index (χ3n) is 0.945. The molecule has 0 aliphatic rings. The molecule has 0 atom stereocenters. The summed E-state index contributed by atoms with van der Waals surface area (Å²) in [6.45, 7) is 6.51. The van der Waals surface area contributed by atoms with E-state index in [2.05, 4.69) is 0 Å². The summed E-state index contributed by atoms with van der Waals surface area (Å²) in [5.74, 6) is -0.558. The topological polar surface area (TPSA) is 52.6 Å². The van der Waals surface area contributed by atoms with Gasteiger partial charge in [-0.2, -0.15) is 0 Å². The molecule has 0 bridgehead atoms. The monoisotopic (exact) mass is 188 g/mol. The van der Waals surface area contributed by atoms with Crippen molar-refractivity contribution in [3.63, 3.8) is 0 Å². The Balaban J connectivity index is 3.59. The minimum Gasteiger partial charge on any atom is -0.458 e. The van der Waals surface area contributed by atoms with Crippen LogP contribution in [-0.2, 0) is 19.1 Å². The first-order chi connectivity index (χ1) is 5.81. The number of Topliss-reactive ketones (excluding diaryl/α,β-unsaturated/α-hetero) is 1. The van der Waals surface area contributed by atoms with Crippen LogP contribution in [0.5, 0.6) is 0 Å². The van der Waals surface area contributed by atoms with Crippen molar-refractivity contribution in [1.82, 2.24) is 0 Å².